The van der Waals surface area contributed by atoms with Crippen LogP contribution in [0.5, 0.6) is 0 Å². The summed E-state index contributed by atoms with van der Waals surface area (Å²) in [4.78, 5) is 0. The third-order valence-electron chi connectivity index (χ3n) is 2.47. The lowest BCUT2D eigenvalue weighted by molar-refractivity contribution is 0.969. The van der Waals surface area contributed by atoms with E-state index in [-0.39, 0.29) is 0 Å². The largest absolute Gasteiger partial charge is 0.351 e. The van der Waals surface area contributed by atoms with Crippen molar-refractivity contribution >= 4 is 32.4 Å². The fraction of sp³-hybridized carbons (Fsp3) is 0.167. The molecule has 0 amide bonds. The second-order valence-electron chi connectivity index (χ2n) is 3.40. The summed E-state index contributed by atoms with van der Waals surface area (Å²) in [6.07, 6.45) is 2.08. The van der Waals surface area contributed by atoms with Gasteiger partial charge in [-0.15, -0.1) is 0 Å². The summed E-state index contributed by atoms with van der Waals surface area (Å²) >= 11 is 3.44. The SMILES string of the molecule is C=C(CBr)c1cccc2c1ccn2C. The van der Waals surface area contributed by atoms with Gasteiger partial charge in [-0.1, -0.05) is 34.6 Å². The molecule has 0 aliphatic heterocycles. The number of aryl methyl sites for hydroxylation is 1. The van der Waals surface area contributed by atoms with Gasteiger partial charge in [0.2, 0.25) is 0 Å². The summed E-state index contributed by atoms with van der Waals surface area (Å²) in [5.74, 6) is 0. The van der Waals surface area contributed by atoms with E-state index < -0.39 is 0 Å². The molecule has 72 valence electrons. The van der Waals surface area contributed by atoms with Crippen molar-refractivity contribution in [2.75, 3.05) is 5.33 Å². The first-order chi connectivity index (χ1) is 6.74. The molecule has 0 unspecified atom stereocenters. The van der Waals surface area contributed by atoms with Crippen LogP contribution in [0.2, 0.25) is 0 Å². The zero-order valence-corrected chi connectivity index (χ0v) is 9.71. The average molecular weight is 250 g/mol. The Hall–Kier alpha value is -1.02. The van der Waals surface area contributed by atoms with Gasteiger partial charge in [0.05, 0.1) is 0 Å². The van der Waals surface area contributed by atoms with Crippen molar-refractivity contribution in [1.29, 1.82) is 0 Å². The zero-order chi connectivity index (χ0) is 10.1. The van der Waals surface area contributed by atoms with Crippen LogP contribution in [0.4, 0.5) is 0 Å². The molecule has 1 aromatic heterocycles. The standard InChI is InChI=1S/C12H12BrN/c1-9(8-13)10-4-3-5-12-11(10)6-7-14(12)2/h3-7H,1,8H2,2H3. The van der Waals surface area contributed by atoms with Crippen molar-refractivity contribution in [2.45, 2.75) is 0 Å². The van der Waals surface area contributed by atoms with Crippen LogP contribution in [0.3, 0.4) is 0 Å². The molecule has 0 saturated heterocycles. The first-order valence-corrected chi connectivity index (χ1v) is 5.64. The molecule has 0 saturated carbocycles. The lowest BCUT2D eigenvalue weighted by Gasteiger charge is -2.04. The van der Waals surface area contributed by atoms with E-state index in [2.05, 4.69) is 64.6 Å². The van der Waals surface area contributed by atoms with Gasteiger partial charge in [-0.2, -0.15) is 0 Å². The Labute approximate surface area is 92.2 Å². The Kier molecular flexibility index (Phi) is 2.46. The molecule has 0 spiro atoms. The summed E-state index contributed by atoms with van der Waals surface area (Å²) in [5.41, 5.74) is 3.62. The molecule has 1 heterocycles. The number of hydrogen-bond acceptors (Lipinski definition) is 0. The third kappa shape index (κ3) is 1.40. The van der Waals surface area contributed by atoms with Crippen LogP contribution in [0.25, 0.3) is 16.5 Å². The number of fused-ring (bicyclic) bond motifs is 1. The predicted octanol–water partition coefficient (Wildman–Crippen LogP) is 3.59. The summed E-state index contributed by atoms with van der Waals surface area (Å²) < 4.78 is 2.13. The highest BCUT2D eigenvalue weighted by molar-refractivity contribution is 9.09. The van der Waals surface area contributed by atoms with Gasteiger partial charge in [0.1, 0.15) is 0 Å². The van der Waals surface area contributed by atoms with Crippen LogP contribution in [-0.4, -0.2) is 9.90 Å². The van der Waals surface area contributed by atoms with Crippen molar-refractivity contribution in [2.24, 2.45) is 7.05 Å². The van der Waals surface area contributed by atoms with Gasteiger partial charge < -0.3 is 4.57 Å². The number of alkyl halides is 1. The molecule has 0 aliphatic rings. The highest BCUT2D eigenvalue weighted by atomic mass is 79.9. The Morgan fingerprint density at radius 2 is 2.21 bits per heavy atom. The maximum Gasteiger partial charge on any atom is 0.0483 e. The van der Waals surface area contributed by atoms with Crippen molar-refractivity contribution in [1.82, 2.24) is 4.57 Å². The quantitative estimate of drug-likeness (QED) is 0.718. The smallest absolute Gasteiger partial charge is 0.0483 e. The van der Waals surface area contributed by atoms with E-state index >= 15 is 0 Å². The lowest BCUT2D eigenvalue weighted by atomic mass is 10.0. The number of rotatable bonds is 2. The molecular weight excluding hydrogens is 238 g/mol. The molecule has 0 fully saturated rings. The van der Waals surface area contributed by atoms with Gasteiger partial charge in [-0.3, -0.25) is 0 Å². The normalized spacial score (nSPS) is 10.7. The van der Waals surface area contributed by atoms with E-state index in [1.54, 1.807) is 0 Å². The summed E-state index contributed by atoms with van der Waals surface area (Å²) in [6.45, 7) is 4.05. The molecule has 0 radical (unpaired) electrons. The molecule has 1 aromatic carbocycles. The van der Waals surface area contributed by atoms with E-state index in [0.29, 0.717) is 0 Å². The maximum atomic E-state index is 4.05. The molecule has 0 bridgehead atoms. The summed E-state index contributed by atoms with van der Waals surface area (Å²) in [7, 11) is 2.06. The van der Waals surface area contributed by atoms with Gasteiger partial charge >= 0.3 is 0 Å². The molecule has 1 nitrogen and oxygen atoms in total. The summed E-state index contributed by atoms with van der Waals surface area (Å²) in [5, 5.41) is 2.10. The molecule has 2 aromatic rings. The second-order valence-corrected chi connectivity index (χ2v) is 3.96. The van der Waals surface area contributed by atoms with Crippen molar-refractivity contribution < 1.29 is 0 Å². The first kappa shape index (κ1) is 9.53. The number of nitrogens with zero attached hydrogens (tertiary/aromatic N) is 1. The van der Waals surface area contributed by atoms with E-state index in [0.717, 1.165) is 10.9 Å². The monoisotopic (exact) mass is 249 g/mol. The molecule has 0 atom stereocenters. The number of halogens is 1. The molecule has 14 heavy (non-hydrogen) atoms. The van der Waals surface area contributed by atoms with Gasteiger partial charge in [0.15, 0.2) is 0 Å². The first-order valence-electron chi connectivity index (χ1n) is 4.52. The van der Waals surface area contributed by atoms with Crippen molar-refractivity contribution in [3.8, 4) is 0 Å². The Balaban J connectivity index is 2.71. The number of hydrogen-bond donors (Lipinski definition) is 0. The average Bonchev–Trinajstić information content (AvgIpc) is 2.59. The fourth-order valence-corrected chi connectivity index (χ4v) is 1.98. The Morgan fingerprint density at radius 1 is 1.43 bits per heavy atom. The van der Waals surface area contributed by atoms with Crippen LogP contribution in [0.1, 0.15) is 5.56 Å². The Bertz CT molecular complexity index is 482. The highest BCUT2D eigenvalue weighted by Gasteiger charge is 2.05. The van der Waals surface area contributed by atoms with Crippen molar-refractivity contribution in [3.63, 3.8) is 0 Å². The number of allylic oxidation sites excluding steroid dienone is 1. The minimum Gasteiger partial charge on any atom is -0.351 e. The van der Waals surface area contributed by atoms with Crippen LogP contribution in [0, 0.1) is 0 Å². The summed E-state index contributed by atoms with van der Waals surface area (Å²) in [6, 6.07) is 8.45. The van der Waals surface area contributed by atoms with Gasteiger partial charge in [-0.05, 0) is 23.3 Å². The molecule has 0 N–H and O–H groups in total. The molecule has 2 rings (SSSR count). The van der Waals surface area contributed by atoms with Crippen LogP contribution in [0.15, 0.2) is 37.0 Å². The van der Waals surface area contributed by atoms with E-state index in [1.165, 1.54) is 16.5 Å². The number of benzene rings is 1. The molecular formula is C12H12BrN. The van der Waals surface area contributed by atoms with E-state index in [1.807, 2.05) is 0 Å². The van der Waals surface area contributed by atoms with E-state index in [9.17, 15) is 0 Å². The molecule has 0 aliphatic carbocycles. The van der Waals surface area contributed by atoms with Crippen LogP contribution in [-0.2, 0) is 7.05 Å². The van der Waals surface area contributed by atoms with Gasteiger partial charge in [-0.25, -0.2) is 0 Å². The highest BCUT2D eigenvalue weighted by Crippen LogP contribution is 2.25. The minimum absolute atomic E-state index is 0.820. The topological polar surface area (TPSA) is 4.93 Å². The van der Waals surface area contributed by atoms with Crippen LogP contribution >= 0.6 is 15.9 Å². The lowest BCUT2D eigenvalue weighted by Crippen LogP contribution is -1.87. The van der Waals surface area contributed by atoms with E-state index in [4.69, 9.17) is 0 Å². The third-order valence-corrected chi connectivity index (χ3v) is 3.15. The van der Waals surface area contributed by atoms with Gasteiger partial charge in [0, 0.05) is 29.5 Å². The maximum absolute atomic E-state index is 4.05. The van der Waals surface area contributed by atoms with Gasteiger partial charge in [0.25, 0.3) is 0 Å². The zero-order valence-electron chi connectivity index (χ0n) is 8.13. The molecule has 2 heteroatoms. The predicted molar refractivity (Wildman–Crippen MR) is 65.7 cm³/mol. The number of aromatic nitrogens is 1. The van der Waals surface area contributed by atoms with Crippen LogP contribution < -0.4 is 0 Å². The fourth-order valence-electron chi connectivity index (χ4n) is 1.68. The van der Waals surface area contributed by atoms with Crippen molar-refractivity contribution in [3.05, 3.63) is 42.6 Å². The second kappa shape index (κ2) is 3.62. The minimum atomic E-state index is 0.820. The Morgan fingerprint density at radius 3 is 2.93 bits per heavy atom.